The number of alkyl halides is 1. The van der Waals surface area contributed by atoms with Gasteiger partial charge in [0.05, 0.1) is 18.1 Å². The molecule has 1 amide bonds. The first-order valence-electron chi connectivity index (χ1n) is 17.0. The molecule has 11 nitrogen and oxygen atoms in total. The van der Waals surface area contributed by atoms with Gasteiger partial charge in [0.2, 0.25) is 0 Å². The number of ether oxygens (including phenoxy) is 1. The molecule has 8 rings (SSSR count). The van der Waals surface area contributed by atoms with Crippen LogP contribution in [0.4, 0.5) is 23.4 Å². The Morgan fingerprint density at radius 3 is 2.57 bits per heavy atom. The number of fused-ring (bicyclic) bond motifs is 3. The molecule has 272 valence electrons. The smallest absolute Gasteiger partial charge is 0.318 e. The molecule has 1 N–H and O–H groups in total. The molecule has 0 spiro atoms. The summed E-state index contributed by atoms with van der Waals surface area (Å²) in [5.41, 5.74) is -0.376. The molecule has 5 aromatic rings. The number of pyridine rings is 1. The third-order valence-electron chi connectivity index (χ3n) is 9.65. The zero-order chi connectivity index (χ0) is 37.2. The minimum atomic E-state index is -0.995. The van der Waals surface area contributed by atoms with Gasteiger partial charge < -0.3 is 19.6 Å². The third-order valence-corrected chi connectivity index (χ3v) is 9.65. The molecule has 53 heavy (non-hydrogen) atoms. The van der Waals surface area contributed by atoms with Crippen molar-refractivity contribution in [3.63, 3.8) is 0 Å². The summed E-state index contributed by atoms with van der Waals surface area (Å²) in [5.74, 6) is -0.871. The van der Waals surface area contributed by atoms with E-state index in [0.717, 1.165) is 19.0 Å². The van der Waals surface area contributed by atoms with Crippen molar-refractivity contribution in [2.45, 2.75) is 31.5 Å². The Labute approximate surface area is 302 Å². The molecular formula is C38H34F4N8O3. The number of piperazine rings is 1. The van der Waals surface area contributed by atoms with Crippen LogP contribution < -0.4 is 9.64 Å². The van der Waals surface area contributed by atoms with Crippen LogP contribution in [0.3, 0.4) is 0 Å². The van der Waals surface area contributed by atoms with E-state index in [4.69, 9.17) is 11.2 Å². The molecule has 2 aromatic carbocycles. The van der Waals surface area contributed by atoms with Crippen molar-refractivity contribution >= 4 is 39.5 Å². The van der Waals surface area contributed by atoms with E-state index in [9.17, 15) is 23.1 Å². The molecule has 0 radical (unpaired) electrons. The number of methoxy groups -OCH3 is 1. The highest BCUT2D eigenvalue weighted by Gasteiger charge is 2.35. The Morgan fingerprint density at radius 2 is 1.85 bits per heavy atom. The normalized spacial score (nSPS) is 18.8. The van der Waals surface area contributed by atoms with Gasteiger partial charge in [0, 0.05) is 74.4 Å². The average molecular weight is 727 g/mol. The number of carbonyl (C=O) groups excluding carboxylic acids is 1. The summed E-state index contributed by atoms with van der Waals surface area (Å²) >= 11 is 0. The van der Waals surface area contributed by atoms with Crippen molar-refractivity contribution < 1.29 is 32.2 Å². The summed E-state index contributed by atoms with van der Waals surface area (Å²) in [5, 5.41) is 11.2. The second-order valence-corrected chi connectivity index (χ2v) is 12.9. The minimum absolute atomic E-state index is 0.0739. The van der Waals surface area contributed by atoms with Crippen LogP contribution in [0, 0.1) is 24.0 Å². The van der Waals surface area contributed by atoms with E-state index in [1.54, 1.807) is 11.0 Å². The number of benzene rings is 2. The number of hydrogen-bond donors (Lipinski definition) is 1. The number of phenolic OH excluding ortho intramolecular Hbond substituents is 1. The molecule has 3 aliphatic heterocycles. The monoisotopic (exact) mass is 726 g/mol. The predicted molar refractivity (Wildman–Crippen MR) is 190 cm³/mol. The van der Waals surface area contributed by atoms with Gasteiger partial charge in [-0.15, -0.1) is 6.42 Å². The number of aromatic nitrogens is 5. The highest BCUT2D eigenvalue weighted by Crippen LogP contribution is 2.39. The Bertz CT molecular complexity index is 2250. The van der Waals surface area contributed by atoms with Gasteiger partial charge in [-0.1, -0.05) is 12.0 Å². The van der Waals surface area contributed by atoms with E-state index in [1.165, 1.54) is 67.7 Å². The van der Waals surface area contributed by atoms with E-state index in [2.05, 4.69) is 35.7 Å². The average Bonchev–Trinajstić information content (AvgIpc) is 3.76. The van der Waals surface area contributed by atoms with Crippen LogP contribution in [-0.4, -0.2) is 104 Å². The summed E-state index contributed by atoms with van der Waals surface area (Å²) in [6, 6.07) is 7.31. The zero-order valence-corrected chi connectivity index (χ0v) is 28.6. The van der Waals surface area contributed by atoms with Crippen LogP contribution in [0.2, 0.25) is 0 Å². The number of aromatic hydroxyl groups is 1. The van der Waals surface area contributed by atoms with Gasteiger partial charge in [0.25, 0.3) is 5.91 Å². The van der Waals surface area contributed by atoms with E-state index in [1.807, 2.05) is 0 Å². The maximum atomic E-state index is 16.3. The molecule has 3 saturated heterocycles. The van der Waals surface area contributed by atoms with Crippen molar-refractivity contribution in [2.24, 2.45) is 0 Å². The molecule has 6 heterocycles. The molecular weight excluding hydrogens is 692 g/mol. The van der Waals surface area contributed by atoms with Crippen LogP contribution in [-0.2, 0) is 4.79 Å². The standard InChI is InChI=1S/C31H22F3N7O3.C7H12FN/c1-3-19-22(32)6-5-17-13-18(42)14-20(25(17)19)27-26(34)28-21(16-37-27)29(39-31(38-28)44-2)40-9-11-41(12-10-40)30(43)23(33)15-24-35-7-4-8-36-24;8-6-4-7-2-1-3-9(7)5-6/h1,4-8,13-16,42H,9-12H2,2H3;6-7H,1-5H2/b23-15-;. The van der Waals surface area contributed by atoms with Crippen molar-refractivity contribution in [1.29, 1.82) is 0 Å². The lowest BCUT2D eigenvalue weighted by Crippen LogP contribution is -2.49. The summed E-state index contributed by atoms with van der Waals surface area (Å²) < 4.78 is 63.4. The first-order valence-corrected chi connectivity index (χ1v) is 17.0. The van der Waals surface area contributed by atoms with E-state index in [0.29, 0.717) is 23.8 Å². The van der Waals surface area contributed by atoms with E-state index < -0.39 is 29.5 Å². The Balaban J connectivity index is 0.000000418. The number of hydrogen-bond acceptors (Lipinski definition) is 10. The summed E-state index contributed by atoms with van der Waals surface area (Å²) in [6.45, 7) is 2.62. The number of phenols is 1. The van der Waals surface area contributed by atoms with Gasteiger partial charge >= 0.3 is 6.01 Å². The minimum Gasteiger partial charge on any atom is -0.508 e. The predicted octanol–water partition coefficient (Wildman–Crippen LogP) is 5.46. The van der Waals surface area contributed by atoms with Gasteiger partial charge in [-0.25, -0.2) is 27.5 Å². The molecule has 2 unspecified atom stereocenters. The van der Waals surface area contributed by atoms with Gasteiger partial charge in [-0.2, -0.15) is 9.97 Å². The maximum absolute atomic E-state index is 16.3. The fourth-order valence-electron chi connectivity index (χ4n) is 7.15. The lowest BCUT2D eigenvalue weighted by molar-refractivity contribution is -0.128. The van der Waals surface area contributed by atoms with Crippen LogP contribution in [0.25, 0.3) is 39.0 Å². The highest BCUT2D eigenvalue weighted by molar-refractivity contribution is 6.03. The van der Waals surface area contributed by atoms with Crippen LogP contribution >= 0.6 is 0 Å². The summed E-state index contributed by atoms with van der Waals surface area (Å²) in [4.78, 5) is 38.9. The highest BCUT2D eigenvalue weighted by atomic mass is 19.1. The fraction of sp³-hybridized carbons (Fsp3) is 0.316. The SMILES string of the molecule is C#Cc1c(F)ccc2cc(O)cc(-c3ncc4c(N5CCN(C(=O)/C(F)=C/c6ncccn6)CC5)nc(OC)nc4c3F)c12.FC1CC2CCCN2C1. The lowest BCUT2D eigenvalue weighted by atomic mass is 9.96. The lowest BCUT2D eigenvalue weighted by Gasteiger charge is -2.35. The number of carbonyl (C=O) groups is 1. The third kappa shape index (κ3) is 7.14. The van der Waals surface area contributed by atoms with Crippen molar-refractivity contribution in [3.8, 4) is 35.4 Å². The maximum Gasteiger partial charge on any atom is 0.318 e. The van der Waals surface area contributed by atoms with E-state index in [-0.39, 0.29) is 76.9 Å². The van der Waals surface area contributed by atoms with Gasteiger partial charge in [-0.05, 0) is 55.5 Å². The van der Waals surface area contributed by atoms with Gasteiger partial charge in [-0.3, -0.25) is 14.7 Å². The fourth-order valence-corrected chi connectivity index (χ4v) is 7.15. The second-order valence-electron chi connectivity index (χ2n) is 12.9. The van der Waals surface area contributed by atoms with Crippen LogP contribution in [0.5, 0.6) is 11.8 Å². The number of rotatable bonds is 5. The van der Waals surface area contributed by atoms with Crippen LogP contribution in [0.1, 0.15) is 30.7 Å². The number of nitrogens with zero attached hydrogens (tertiary/aromatic N) is 8. The van der Waals surface area contributed by atoms with Gasteiger partial charge in [0.1, 0.15) is 34.8 Å². The Kier molecular flexibility index (Phi) is 10.1. The summed E-state index contributed by atoms with van der Waals surface area (Å²) in [7, 11) is 1.33. The van der Waals surface area contributed by atoms with Crippen LogP contribution in [0.15, 0.2) is 54.7 Å². The summed E-state index contributed by atoms with van der Waals surface area (Å²) in [6.07, 6.45) is 13.6. The molecule has 0 bridgehead atoms. The topological polar surface area (TPSA) is 121 Å². The molecule has 0 saturated carbocycles. The largest absolute Gasteiger partial charge is 0.508 e. The molecule has 3 fully saturated rings. The number of terminal acetylenes is 1. The van der Waals surface area contributed by atoms with Gasteiger partial charge in [0.15, 0.2) is 17.5 Å². The van der Waals surface area contributed by atoms with Crippen molar-refractivity contribution in [3.05, 3.63) is 77.8 Å². The molecule has 2 atom stereocenters. The van der Waals surface area contributed by atoms with Crippen molar-refractivity contribution in [2.75, 3.05) is 51.3 Å². The first-order chi connectivity index (χ1) is 25.6. The Morgan fingerprint density at radius 1 is 1.08 bits per heavy atom. The quantitative estimate of drug-likeness (QED) is 0.142. The van der Waals surface area contributed by atoms with E-state index >= 15 is 4.39 Å². The number of amides is 1. The zero-order valence-electron chi connectivity index (χ0n) is 28.6. The molecule has 15 heteroatoms. The molecule has 3 aromatic heterocycles. The molecule has 3 aliphatic rings. The van der Waals surface area contributed by atoms with Crippen molar-refractivity contribution in [1.82, 2.24) is 34.7 Å². The first kappa shape index (κ1) is 35.5. The number of halogens is 4. The second kappa shape index (κ2) is 15.0. The number of anilines is 1. The molecule has 0 aliphatic carbocycles. The Hall–Kier alpha value is -5.88.